The molecule has 1 amide bonds. The highest BCUT2D eigenvalue weighted by Crippen LogP contribution is 2.44. The standard InChI is InChI=1S/C25H24FN5O3/c1-5-20-25(32)30(3)19-11-21(33-4)16(10-22(19)34-20)15-9-14(7-8-18(15)26)17-12-28-29-24-23(17)27-13-31(24)6-2/h7-13,20H,5-6H2,1-4H3/t20-/m1/s1. The Morgan fingerprint density at radius 1 is 1.15 bits per heavy atom. The lowest BCUT2D eigenvalue weighted by molar-refractivity contribution is -0.126. The molecule has 34 heavy (non-hydrogen) atoms. The van der Waals surface area contributed by atoms with Crippen molar-refractivity contribution in [3.63, 3.8) is 0 Å². The van der Waals surface area contributed by atoms with Crippen LogP contribution in [0.5, 0.6) is 11.5 Å². The number of fused-ring (bicyclic) bond motifs is 2. The molecule has 8 nitrogen and oxygen atoms in total. The van der Waals surface area contributed by atoms with Crippen LogP contribution in [0.1, 0.15) is 20.3 Å². The number of carbonyl (C=O) groups excluding carboxylic acids is 1. The van der Waals surface area contributed by atoms with E-state index < -0.39 is 11.9 Å². The molecule has 5 rings (SSSR count). The number of benzene rings is 2. The molecular formula is C25H24FN5O3. The Balaban J connectivity index is 1.67. The summed E-state index contributed by atoms with van der Waals surface area (Å²) in [5.41, 5.74) is 4.31. The molecule has 0 unspecified atom stereocenters. The number of halogens is 1. The van der Waals surface area contributed by atoms with Gasteiger partial charge in [-0.3, -0.25) is 4.79 Å². The summed E-state index contributed by atoms with van der Waals surface area (Å²) >= 11 is 0. The Hall–Kier alpha value is -4.01. The average Bonchev–Trinajstić information content (AvgIpc) is 3.29. The van der Waals surface area contributed by atoms with Gasteiger partial charge in [-0.2, -0.15) is 5.10 Å². The maximum absolute atomic E-state index is 15.2. The van der Waals surface area contributed by atoms with Crippen LogP contribution >= 0.6 is 0 Å². The molecule has 2 aromatic carbocycles. The molecule has 0 saturated carbocycles. The molecule has 9 heteroatoms. The van der Waals surface area contributed by atoms with E-state index in [4.69, 9.17) is 9.47 Å². The fraction of sp³-hybridized carbons (Fsp3) is 0.280. The number of imidazole rings is 1. The number of nitrogens with zero attached hydrogens (tertiary/aromatic N) is 5. The molecule has 0 fully saturated rings. The monoisotopic (exact) mass is 461 g/mol. The van der Waals surface area contributed by atoms with Crippen molar-refractivity contribution in [1.82, 2.24) is 19.7 Å². The predicted octanol–water partition coefficient (Wildman–Crippen LogP) is 4.46. The van der Waals surface area contributed by atoms with Gasteiger partial charge in [-0.15, -0.1) is 5.10 Å². The molecular weight excluding hydrogens is 437 g/mol. The largest absolute Gasteiger partial charge is 0.496 e. The van der Waals surface area contributed by atoms with Crippen LogP contribution in [0.4, 0.5) is 10.1 Å². The van der Waals surface area contributed by atoms with Crippen LogP contribution in [0.2, 0.25) is 0 Å². The van der Waals surface area contributed by atoms with Gasteiger partial charge in [0.2, 0.25) is 0 Å². The summed E-state index contributed by atoms with van der Waals surface area (Å²) in [7, 11) is 3.21. The Morgan fingerprint density at radius 2 is 1.97 bits per heavy atom. The van der Waals surface area contributed by atoms with Crippen molar-refractivity contribution in [1.29, 1.82) is 0 Å². The predicted molar refractivity (Wildman–Crippen MR) is 126 cm³/mol. The summed E-state index contributed by atoms with van der Waals surface area (Å²) in [6, 6.07) is 8.29. The molecule has 0 N–H and O–H groups in total. The Bertz CT molecular complexity index is 1420. The average molecular weight is 461 g/mol. The third kappa shape index (κ3) is 3.35. The number of hydrogen-bond donors (Lipinski definition) is 0. The summed E-state index contributed by atoms with van der Waals surface area (Å²) in [6.07, 6.45) is 3.30. The van der Waals surface area contributed by atoms with Gasteiger partial charge in [-0.1, -0.05) is 13.0 Å². The molecule has 1 aliphatic heterocycles. The van der Waals surface area contributed by atoms with E-state index in [1.807, 2.05) is 18.4 Å². The van der Waals surface area contributed by atoms with Crippen LogP contribution < -0.4 is 14.4 Å². The van der Waals surface area contributed by atoms with Gasteiger partial charge in [0.25, 0.3) is 5.91 Å². The van der Waals surface area contributed by atoms with Crippen molar-refractivity contribution in [3.8, 4) is 33.8 Å². The number of hydrogen-bond acceptors (Lipinski definition) is 6. The minimum absolute atomic E-state index is 0.126. The van der Waals surface area contributed by atoms with E-state index >= 15 is 4.39 Å². The molecule has 1 atom stereocenters. The number of likely N-dealkylation sites (N-methyl/N-ethyl adjacent to an activating group) is 1. The SMILES string of the molecule is CC[C@H]1Oc2cc(-c3cc(-c4cnnc5c4ncn5CC)ccc3F)c(OC)cc2N(C)C1=O. The molecule has 4 aromatic rings. The number of aromatic nitrogens is 4. The second-order valence-corrected chi connectivity index (χ2v) is 8.09. The maximum Gasteiger partial charge on any atom is 0.267 e. The number of rotatable bonds is 5. The molecule has 0 bridgehead atoms. The fourth-order valence-electron chi connectivity index (χ4n) is 4.30. The normalized spacial score (nSPS) is 15.4. The molecule has 174 valence electrons. The highest BCUT2D eigenvalue weighted by Gasteiger charge is 2.32. The quantitative estimate of drug-likeness (QED) is 0.436. The highest BCUT2D eigenvalue weighted by atomic mass is 19.1. The Labute approximate surface area is 196 Å². The molecule has 1 aliphatic rings. The van der Waals surface area contributed by atoms with E-state index in [-0.39, 0.29) is 5.91 Å². The smallest absolute Gasteiger partial charge is 0.267 e. The van der Waals surface area contributed by atoms with Crippen LogP contribution in [0.15, 0.2) is 42.9 Å². The second-order valence-electron chi connectivity index (χ2n) is 8.09. The van der Waals surface area contributed by atoms with Crippen LogP contribution in [0, 0.1) is 5.82 Å². The van der Waals surface area contributed by atoms with Crippen LogP contribution in [-0.4, -0.2) is 45.9 Å². The minimum Gasteiger partial charge on any atom is -0.496 e. The maximum atomic E-state index is 15.2. The second kappa shape index (κ2) is 8.40. The van der Waals surface area contributed by atoms with Crippen LogP contribution in [0.3, 0.4) is 0 Å². The van der Waals surface area contributed by atoms with Crippen molar-refractivity contribution in [3.05, 3.63) is 48.7 Å². The summed E-state index contributed by atoms with van der Waals surface area (Å²) in [5, 5.41) is 8.34. The Kier molecular flexibility index (Phi) is 5.39. The summed E-state index contributed by atoms with van der Waals surface area (Å²) in [4.78, 5) is 18.6. The number of methoxy groups -OCH3 is 1. The van der Waals surface area contributed by atoms with Gasteiger partial charge < -0.3 is 18.9 Å². The zero-order valence-electron chi connectivity index (χ0n) is 19.4. The van der Waals surface area contributed by atoms with Crippen LogP contribution in [-0.2, 0) is 11.3 Å². The molecule has 0 spiro atoms. The molecule has 0 radical (unpaired) electrons. The lowest BCUT2D eigenvalue weighted by Gasteiger charge is -2.32. The highest BCUT2D eigenvalue weighted by molar-refractivity contribution is 6.00. The third-order valence-electron chi connectivity index (χ3n) is 6.20. The fourth-order valence-corrected chi connectivity index (χ4v) is 4.30. The number of ether oxygens (including phenoxy) is 2. The Morgan fingerprint density at radius 3 is 2.71 bits per heavy atom. The minimum atomic E-state index is -0.584. The van der Waals surface area contributed by atoms with E-state index in [1.54, 1.807) is 48.7 Å². The van der Waals surface area contributed by atoms with Gasteiger partial charge >= 0.3 is 0 Å². The first kappa shape index (κ1) is 21.8. The zero-order valence-corrected chi connectivity index (χ0v) is 19.4. The first-order valence-corrected chi connectivity index (χ1v) is 11.1. The van der Waals surface area contributed by atoms with Gasteiger partial charge in [0.1, 0.15) is 22.8 Å². The van der Waals surface area contributed by atoms with Crippen molar-refractivity contribution < 1.29 is 18.7 Å². The topological polar surface area (TPSA) is 82.4 Å². The molecule has 0 saturated heterocycles. The van der Waals surface area contributed by atoms with Gasteiger partial charge in [0.05, 0.1) is 25.3 Å². The summed E-state index contributed by atoms with van der Waals surface area (Å²) in [5.74, 6) is 0.399. The number of amides is 1. The van der Waals surface area contributed by atoms with Gasteiger partial charge in [0, 0.05) is 36.3 Å². The van der Waals surface area contributed by atoms with Gasteiger partial charge in [0.15, 0.2) is 11.8 Å². The van der Waals surface area contributed by atoms with Crippen molar-refractivity contribution >= 4 is 22.8 Å². The van der Waals surface area contributed by atoms with Crippen molar-refractivity contribution in [2.45, 2.75) is 32.9 Å². The number of carbonyl (C=O) groups is 1. The third-order valence-corrected chi connectivity index (χ3v) is 6.20. The molecule has 3 heterocycles. The van der Waals surface area contributed by atoms with E-state index in [1.165, 1.54) is 13.2 Å². The molecule has 0 aliphatic carbocycles. The lowest BCUT2D eigenvalue weighted by Crippen LogP contribution is -2.43. The zero-order chi connectivity index (χ0) is 24.0. The van der Waals surface area contributed by atoms with E-state index in [9.17, 15) is 4.79 Å². The van der Waals surface area contributed by atoms with Crippen molar-refractivity contribution in [2.24, 2.45) is 0 Å². The van der Waals surface area contributed by atoms with Gasteiger partial charge in [-0.05, 0) is 37.1 Å². The lowest BCUT2D eigenvalue weighted by atomic mass is 9.97. The summed E-state index contributed by atoms with van der Waals surface area (Å²) in [6.45, 7) is 4.60. The van der Waals surface area contributed by atoms with E-state index in [0.29, 0.717) is 52.4 Å². The summed E-state index contributed by atoms with van der Waals surface area (Å²) < 4.78 is 28.6. The van der Waals surface area contributed by atoms with Gasteiger partial charge in [-0.25, -0.2) is 9.37 Å². The molecule has 2 aromatic heterocycles. The first-order valence-electron chi connectivity index (χ1n) is 11.1. The number of aryl methyl sites for hydroxylation is 1. The number of anilines is 1. The van der Waals surface area contributed by atoms with Crippen LogP contribution in [0.25, 0.3) is 33.4 Å². The van der Waals surface area contributed by atoms with E-state index in [0.717, 1.165) is 11.1 Å². The van der Waals surface area contributed by atoms with E-state index in [2.05, 4.69) is 15.2 Å². The first-order chi connectivity index (χ1) is 16.5. The van der Waals surface area contributed by atoms with Crippen molar-refractivity contribution in [2.75, 3.05) is 19.1 Å².